The molecule has 0 saturated heterocycles. The van der Waals surface area contributed by atoms with Crippen LogP contribution < -0.4 is 4.90 Å². The van der Waals surface area contributed by atoms with E-state index in [4.69, 9.17) is 16.9 Å². The number of aromatic nitrogens is 1. The molecular weight excluding hydrogens is 265 g/mol. The van der Waals surface area contributed by atoms with Gasteiger partial charge in [0.2, 0.25) is 0 Å². The van der Waals surface area contributed by atoms with Crippen LogP contribution in [0.15, 0.2) is 30.3 Å². The normalized spacial score (nSPS) is 13.2. The first-order chi connectivity index (χ1) is 9.17. The molecular formula is C14H9ClFN3. The molecule has 94 valence electrons. The highest BCUT2D eigenvalue weighted by atomic mass is 35.5. The van der Waals surface area contributed by atoms with Gasteiger partial charge in [-0.1, -0.05) is 17.7 Å². The van der Waals surface area contributed by atoms with Crippen LogP contribution in [-0.4, -0.2) is 11.5 Å². The van der Waals surface area contributed by atoms with Crippen LogP contribution in [0, 0.1) is 17.1 Å². The van der Waals surface area contributed by atoms with Gasteiger partial charge >= 0.3 is 0 Å². The van der Waals surface area contributed by atoms with Crippen molar-refractivity contribution in [1.82, 2.24) is 4.98 Å². The van der Waals surface area contributed by atoms with Crippen LogP contribution in [0.3, 0.4) is 0 Å². The quantitative estimate of drug-likeness (QED) is 0.747. The highest BCUT2D eigenvalue weighted by Crippen LogP contribution is 2.34. The van der Waals surface area contributed by atoms with Crippen LogP contribution in [0.4, 0.5) is 15.9 Å². The maximum Gasteiger partial charge on any atom is 0.136 e. The SMILES string of the molecule is N#Cc1cc(Cl)nc(N2CCc3ccc(F)cc32)c1. The van der Waals surface area contributed by atoms with Crippen molar-refractivity contribution in [2.45, 2.75) is 6.42 Å². The largest absolute Gasteiger partial charge is 0.326 e. The topological polar surface area (TPSA) is 39.9 Å². The van der Waals surface area contributed by atoms with Gasteiger partial charge in [0.25, 0.3) is 0 Å². The van der Waals surface area contributed by atoms with Crippen LogP contribution in [-0.2, 0) is 6.42 Å². The number of benzene rings is 1. The van der Waals surface area contributed by atoms with Gasteiger partial charge in [-0.3, -0.25) is 0 Å². The molecule has 0 saturated carbocycles. The Labute approximate surface area is 114 Å². The smallest absolute Gasteiger partial charge is 0.136 e. The summed E-state index contributed by atoms with van der Waals surface area (Å²) in [4.78, 5) is 6.09. The third kappa shape index (κ3) is 2.13. The van der Waals surface area contributed by atoms with E-state index in [1.807, 2.05) is 11.0 Å². The van der Waals surface area contributed by atoms with Gasteiger partial charge < -0.3 is 4.90 Å². The van der Waals surface area contributed by atoms with Gasteiger partial charge in [-0.25, -0.2) is 9.37 Å². The predicted octanol–water partition coefficient (Wildman–Crippen LogP) is 3.44. The summed E-state index contributed by atoms with van der Waals surface area (Å²) in [5, 5.41) is 9.22. The van der Waals surface area contributed by atoms with Crippen molar-refractivity contribution in [1.29, 1.82) is 5.26 Å². The lowest BCUT2D eigenvalue weighted by atomic mass is 10.2. The summed E-state index contributed by atoms with van der Waals surface area (Å²) in [6.45, 7) is 0.705. The maximum absolute atomic E-state index is 13.4. The Morgan fingerprint density at radius 3 is 2.95 bits per heavy atom. The fourth-order valence-corrected chi connectivity index (χ4v) is 2.48. The summed E-state index contributed by atoms with van der Waals surface area (Å²) >= 11 is 5.90. The number of hydrogen-bond donors (Lipinski definition) is 0. The van der Waals surface area contributed by atoms with Crippen LogP contribution in [0.2, 0.25) is 5.15 Å². The van der Waals surface area contributed by atoms with Crippen molar-refractivity contribution < 1.29 is 4.39 Å². The number of anilines is 2. The summed E-state index contributed by atoms with van der Waals surface area (Å²) in [7, 11) is 0. The van der Waals surface area contributed by atoms with Gasteiger partial charge in [-0.05, 0) is 36.2 Å². The third-order valence-corrected chi connectivity index (χ3v) is 3.32. The van der Waals surface area contributed by atoms with Gasteiger partial charge in [-0.2, -0.15) is 5.26 Å². The van der Waals surface area contributed by atoms with Crippen molar-refractivity contribution in [3.8, 4) is 6.07 Å². The Bertz CT molecular complexity index is 694. The molecule has 5 heteroatoms. The van der Waals surface area contributed by atoms with E-state index in [1.54, 1.807) is 12.1 Å². The molecule has 1 aromatic carbocycles. The first kappa shape index (κ1) is 11.9. The van der Waals surface area contributed by atoms with Crippen molar-refractivity contribution in [2.24, 2.45) is 0 Å². The number of nitriles is 1. The minimum atomic E-state index is -0.284. The first-order valence-electron chi connectivity index (χ1n) is 5.81. The lowest BCUT2D eigenvalue weighted by molar-refractivity contribution is 0.628. The minimum Gasteiger partial charge on any atom is -0.326 e. The third-order valence-electron chi connectivity index (χ3n) is 3.13. The molecule has 1 aromatic heterocycles. The fraction of sp³-hybridized carbons (Fsp3) is 0.143. The first-order valence-corrected chi connectivity index (χ1v) is 6.19. The number of pyridine rings is 1. The molecule has 19 heavy (non-hydrogen) atoms. The molecule has 0 fully saturated rings. The Morgan fingerprint density at radius 2 is 2.16 bits per heavy atom. The molecule has 0 radical (unpaired) electrons. The van der Waals surface area contributed by atoms with Crippen molar-refractivity contribution in [3.63, 3.8) is 0 Å². The zero-order valence-corrected chi connectivity index (χ0v) is 10.7. The average molecular weight is 274 g/mol. The van der Waals surface area contributed by atoms with Crippen molar-refractivity contribution in [2.75, 3.05) is 11.4 Å². The van der Waals surface area contributed by atoms with Crippen molar-refractivity contribution >= 4 is 23.1 Å². The molecule has 2 heterocycles. The van der Waals surface area contributed by atoms with E-state index in [0.717, 1.165) is 17.7 Å². The molecule has 1 aliphatic rings. The molecule has 0 atom stereocenters. The van der Waals surface area contributed by atoms with Gasteiger partial charge in [0.1, 0.15) is 16.8 Å². The summed E-state index contributed by atoms with van der Waals surface area (Å²) in [6.07, 6.45) is 0.825. The fourth-order valence-electron chi connectivity index (χ4n) is 2.28. The van der Waals surface area contributed by atoms with E-state index in [1.165, 1.54) is 18.2 Å². The van der Waals surface area contributed by atoms with Gasteiger partial charge in [0.05, 0.1) is 11.6 Å². The number of fused-ring (bicyclic) bond motifs is 1. The van der Waals surface area contributed by atoms with E-state index in [9.17, 15) is 4.39 Å². The zero-order valence-electron chi connectivity index (χ0n) is 9.90. The van der Waals surface area contributed by atoms with Gasteiger partial charge in [0, 0.05) is 12.2 Å². The summed E-state index contributed by atoms with van der Waals surface area (Å²) in [5.74, 6) is 0.293. The molecule has 0 N–H and O–H groups in total. The Morgan fingerprint density at radius 1 is 1.32 bits per heavy atom. The lowest BCUT2D eigenvalue weighted by Gasteiger charge is -2.18. The molecule has 0 unspecified atom stereocenters. The molecule has 3 rings (SSSR count). The molecule has 3 nitrogen and oxygen atoms in total. The van der Waals surface area contributed by atoms with Crippen LogP contribution in [0.25, 0.3) is 0 Å². The van der Waals surface area contributed by atoms with Gasteiger partial charge in [0.15, 0.2) is 0 Å². The highest BCUT2D eigenvalue weighted by Gasteiger charge is 2.22. The van der Waals surface area contributed by atoms with Gasteiger partial charge in [-0.15, -0.1) is 0 Å². The second-order valence-corrected chi connectivity index (χ2v) is 4.71. The Hall–Kier alpha value is -2.12. The highest BCUT2D eigenvalue weighted by molar-refractivity contribution is 6.29. The predicted molar refractivity (Wildman–Crippen MR) is 71.1 cm³/mol. The van der Waals surface area contributed by atoms with E-state index < -0.39 is 0 Å². The average Bonchev–Trinajstić information content (AvgIpc) is 2.80. The molecule has 0 spiro atoms. The standard InChI is InChI=1S/C14H9ClFN3/c15-13-5-9(8-17)6-14(18-13)19-4-3-10-1-2-11(16)7-12(10)19/h1-2,5-7H,3-4H2. The number of halogens is 2. The number of hydrogen-bond acceptors (Lipinski definition) is 3. The molecule has 0 bridgehead atoms. The number of rotatable bonds is 1. The monoisotopic (exact) mass is 273 g/mol. The zero-order chi connectivity index (χ0) is 13.4. The van der Waals surface area contributed by atoms with Crippen LogP contribution in [0.1, 0.15) is 11.1 Å². The Kier molecular flexibility index (Phi) is 2.84. The molecule has 0 amide bonds. The summed E-state index contributed by atoms with van der Waals surface area (Å²) < 4.78 is 13.4. The van der Waals surface area contributed by atoms with E-state index in [-0.39, 0.29) is 11.0 Å². The van der Waals surface area contributed by atoms with E-state index in [2.05, 4.69) is 4.98 Å². The van der Waals surface area contributed by atoms with Crippen LogP contribution in [0.5, 0.6) is 0 Å². The van der Waals surface area contributed by atoms with E-state index >= 15 is 0 Å². The molecule has 2 aromatic rings. The van der Waals surface area contributed by atoms with Crippen LogP contribution >= 0.6 is 11.6 Å². The molecule has 1 aliphatic heterocycles. The second-order valence-electron chi connectivity index (χ2n) is 4.32. The maximum atomic E-state index is 13.4. The summed E-state index contributed by atoms with van der Waals surface area (Å²) in [6, 6.07) is 9.92. The minimum absolute atomic E-state index is 0.263. The lowest BCUT2D eigenvalue weighted by Crippen LogP contribution is -2.15. The second kappa shape index (κ2) is 4.52. The molecule has 0 aliphatic carbocycles. The van der Waals surface area contributed by atoms with E-state index in [0.29, 0.717) is 17.9 Å². The number of nitrogens with zero attached hydrogens (tertiary/aromatic N) is 3. The Balaban J connectivity index is 2.09. The van der Waals surface area contributed by atoms with Crippen molar-refractivity contribution in [3.05, 3.63) is 52.4 Å². The summed E-state index contributed by atoms with van der Waals surface area (Å²) in [5.41, 5.74) is 2.31.